The lowest BCUT2D eigenvalue weighted by Gasteiger charge is -2.29. The summed E-state index contributed by atoms with van der Waals surface area (Å²) >= 11 is 1.22. The van der Waals surface area contributed by atoms with E-state index in [0.717, 1.165) is 10.6 Å². The van der Waals surface area contributed by atoms with Crippen LogP contribution in [0.2, 0.25) is 0 Å². The van der Waals surface area contributed by atoms with Crippen molar-refractivity contribution in [3.63, 3.8) is 0 Å². The van der Waals surface area contributed by atoms with Crippen molar-refractivity contribution in [2.45, 2.75) is 38.7 Å². The number of aryl methyl sites for hydroxylation is 1. The Hall–Kier alpha value is -2.25. The molecule has 0 aliphatic carbocycles. The topological polar surface area (TPSA) is 90.7 Å². The van der Waals surface area contributed by atoms with E-state index in [4.69, 9.17) is 0 Å². The van der Waals surface area contributed by atoms with Crippen molar-refractivity contribution in [3.05, 3.63) is 51.0 Å². The number of rotatable bonds is 5. The van der Waals surface area contributed by atoms with E-state index in [1.807, 2.05) is 19.1 Å². The first-order valence-corrected chi connectivity index (χ1v) is 9.57. The van der Waals surface area contributed by atoms with E-state index in [1.54, 1.807) is 17.0 Å². The van der Waals surface area contributed by atoms with Crippen LogP contribution in [0.1, 0.15) is 56.1 Å². The number of nitrogens with zero attached hydrogens (tertiary/aromatic N) is 2. The highest BCUT2D eigenvalue weighted by atomic mass is 32.1. The van der Waals surface area contributed by atoms with Gasteiger partial charge in [0.15, 0.2) is 0 Å². The smallest absolute Gasteiger partial charge is 0.347 e. The van der Waals surface area contributed by atoms with Crippen molar-refractivity contribution in [1.29, 1.82) is 0 Å². The summed E-state index contributed by atoms with van der Waals surface area (Å²) in [5.41, 5.74) is 2.10. The minimum absolute atomic E-state index is 0.0309. The molecule has 2 N–H and O–H groups in total. The van der Waals surface area contributed by atoms with Crippen molar-refractivity contribution in [2.75, 3.05) is 13.1 Å². The first kappa shape index (κ1) is 18.5. The van der Waals surface area contributed by atoms with Crippen LogP contribution in [0.25, 0.3) is 0 Å². The van der Waals surface area contributed by atoms with Gasteiger partial charge in [-0.3, -0.25) is 4.79 Å². The van der Waals surface area contributed by atoms with Crippen LogP contribution in [-0.4, -0.2) is 51.2 Å². The average molecular weight is 374 g/mol. The summed E-state index contributed by atoms with van der Waals surface area (Å²) in [6, 6.07) is 7.25. The van der Waals surface area contributed by atoms with Crippen molar-refractivity contribution in [3.8, 4) is 0 Å². The lowest BCUT2D eigenvalue weighted by molar-refractivity contribution is 0.0546. The fourth-order valence-electron chi connectivity index (χ4n) is 3.05. The number of hydrogen-bond donors (Lipinski definition) is 2. The summed E-state index contributed by atoms with van der Waals surface area (Å²) in [6.07, 6.45) is 2.07. The molecule has 1 aromatic heterocycles. The third kappa shape index (κ3) is 4.11. The Morgan fingerprint density at radius 1 is 1.23 bits per heavy atom. The number of hydrogen-bond acceptors (Lipinski definition) is 5. The Balaban J connectivity index is 1.71. The Kier molecular flexibility index (Phi) is 5.68. The van der Waals surface area contributed by atoms with E-state index < -0.39 is 5.97 Å². The minimum Gasteiger partial charge on any atom is -0.477 e. The van der Waals surface area contributed by atoms with Crippen LogP contribution in [0.15, 0.2) is 24.3 Å². The Bertz CT molecular complexity index is 792. The van der Waals surface area contributed by atoms with E-state index in [9.17, 15) is 19.8 Å². The molecule has 3 rings (SSSR count). The van der Waals surface area contributed by atoms with Crippen LogP contribution in [0.3, 0.4) is 0 Å². The van der Waals surface area contributed by atoms with Crippen LogP contribution in [-0.2, 0) is 12.8 Å². The zero-order chi connectivity index (χ0) is 18.7. The largest absolute Gasteiger partial charge is 0.477 e. The van der Waals surface area contributed by atoms with Crippen LogP contribution >= 0.6 is 11.3 Å². The number of aromatic carboxylic acids is 1. The molecule has 6 nitrogen and oxygen atoms in total. The molecule has 0 saturated carbocycles. The molecule has 1 aliphatic heterocycles. The van der Waals surface area contributed by atoms with E-state index in [0.29, 0.717) is 50.0 Å². The van der Waals surface area contributed by atoms with Gasteiger partial charge in [0.2, 0.25) is 0 Å². The molecule has 1 fully saturated rings. The van der Waals surface area contributed by atoms with E-state index in [-0.39, 0.29) is 16.9 Å². The van der Waals surface area contributed by atoms with Gasteiger partial charge in [-0.15, -0.1) is 11.3 Å². The molecular weight excluding hydrogens is 352 g/mol. The number of amides is 1. The average Bonchev–Trinajstić information content (AvgIpc) is 3.06. The highest BCUT2D eigenvalue weighted by molar-refractivity contribution is 7.13. The monoisotopic (exact) mass is 374 g/mol. The highest BCUT2D eigenvalue weighted by Gasteiger charge is 2.22. The molecule has 0 radical (unpaired) electrons. The van der Waals surface area contributed by atoms with Crippen molar-refractivity contribution < 1.29 is 19.8 Å². The summed E-state index contributed by atoms with van der Waals surface area (Å²) in [5, 5.41) is 19.7. The minimum atomic E-state index is -0.948. The van der Waals surface area contributed by atoms with Gasteiger partial charge in [0.25, 0.3) is 5.91 Å². The molecule has 0 unspecified atom stereocenters. The second-order valence-electron chi connectivity index (χ2n) is 6.44. The standard InChI is InChI=1S/C19H22N2O4S/c1-2-16-20-15(17(26-16)19(24)25)11-12-3-5-13(6-4-12)18(23)21-9-7-14(22)8-10-21/h3-6,14,22H,2,7-11H2,1H3,(H,24,25). The number of carboxylic acids is 1. The first-order chi connectivity index (χ1) is 12.5. The van der Waals surface area contributed by atoms with Crippen molar-refractivity contribution in [2.24, 2.45) is 0 Å². The number of likely N-dealkylation sites (tertiary alicyclic amines) is 1. The second kappa shape index (κ2) is 7.97. The zero-order valence-corrected chi connectivity index (χ0v) is 15.5. The molecule has 1 saturated heterocycles. The van der Waals surface area contributed by atoms with Gasteiger partial charge in [-0.2, -0.15) is 0 Å². The van der Waals surface area contributed by atoms with Crippen molar-refractivity contribution in [1.82, 2.24) is 9.88 Å². The number of carboxylic acid groups (broad SMARTS) is 1. The Morgan fingerprint density at radius 3 is 2.46 bits per heavy atom. The van der Waals surface area contributed by atoms with Gasteiger partial charge in [0, 0.05) is 25.1 Å². The molecule has 2 heterocycles. The van der Waals surface area contributed by atoms with Gasteiger partial charge in [0.05, 0.1) is 16.8 Å². The Morgan fingerprint density at radius 2 is 1.88 bits per heavy atom. The van der Waals surface area contributed by atoms with Crippen LogP contribution in [0.4, 0.5) is 0 Å². The summed E-state index contributed by atoms with van der Waals surface area (Å²) in [7, 11) is 0. The molecule has 2 aromatic rings. The molecule has 1 aromatic carbocycles. The van der Waals surface area contributed by atoms with E-state index >= 15 is 0 Å². The summed E-state index contributed by atoms with van der Waals surface area (Å²) in [5.74, 6) is -0.979. The number of benzene rings is 1. The second-order valence-corrected chi connectivity index (χ2v) is 7.52. The SMILES string of the molecule is CCc1nc(Cc2ccc(C(=O)N3CCC(O)CC3)cc2)c(C(=O)O)s1. The normalized spacial score (nSPS) is 15.2. The molecule has 26 heavy (non-hydrogen) atoms. The van der Waals surface area contributed by atoms with Crippen LogP contribution in [0, 0.1) is 0 Å². The number of carbonyl (C=O) groups is 2. The fourth-order valence-corrected chi connectivity index (χ4v) is 3.91. The number of thiazole rings is 1. The quantitative estimate of drug-likeness (QED) is 0.839. The summed E-state index contributed by atoms with van der Waals surface area (Å²) in [6.45, 7) is 3.10. The lowest BCUT2D eigenvalue weighted by atomic mass is 10.0. The molecular formula is C19H22N2O4S. The number of aromatic nitrogens is 1. The van der Waals surface area contributed by atoms with Gasteiger partial charge in [-0.05, 0) is 37.0 Å². The van der Waals surface area contributed by atoms with Gasteiger partial charge < -0.3 is 15.1 Å². The maximum atomic E-state index is 12.5. The molecule has 0 atom stereocenters. The van der Waals surface area contributed by atoms with Gasteiger partial charge >= 0.3 is 5.97 Å². The third-order valence-corrected chi connectivity index (χ3v) is 5.79. The van der Waals surface area contributed by atoms with Gasteiger partial charge in [-0.25, -0.2) is 9.78 Å². The highest BCUT2D eigenvalue weighted by Crippen LogP contribution is 2.22. The van der Waals surface area contributed by atoms with E-state index in [1.165, 1.54) is 11.3 Å². The van der Waals surface area contributed by atoms with Gasteiger partial charge in [-0.1, -0.05) is 19.1 Å². The fraction of sp³-hybridized carbons (Fsp3) is 0.421. The third-order valence-electron chi connectivity index (χ3n) is 4.56. The summed E-state index contributed by atoms with van der Waals surface area (Å²) in [4.78, 5) is 30.4. The summed E-state index contributed by atoms with van der Waals surface area (Å²) < 4.78 is 0. The first-order valence-electron chi connectivity index (χ1n) is 8.76. The molecule has 7 heteroatoms. The molecule has 0 spiro atoms. The molecule has 1 amide bonds. The van der Waals surface area contributed by atoms with Crippen molar-refractivity contribution >= 4 is 23.2 Å². The lowest BCUT2D eigenvalue weighted by Crippen LogP contribution is -2.40. The van der Waals surface area contributed by atoms with Crippen LogP contribution in [0.5, 0.6) is 0 Å². The molecule has 1 aliphatic rings. The number of piperidine rings is 1. The van der Waals surface area contributed by atoms with Gasteiger partial charge in [0.1, 0.15) is 4.88 Å². The number of aliphatic hydroxyl groups is 1. The maximum absolute atomic E-state index is 12.5. The Labute approximate surface area is 156 Å². The predicted octanol–water partition coefficient (Wildman–Crippen LogP) is 2.59. The molecule has 138 valence electrons. The van der Waals surface area contributed by atoms with E-state index in [2.05, 4.69) is 4.98 Å². The molecule has 0 bridgehead atoms. The van der Waals surface area contributed by atoms with Crippen LogP contribution < -0.4 is 0 Å². The predicted molar refractivity (Wildman–Crippen MR) is 98.8 cm³/mol. The maximum Gasteiger partial charge on any atom is 0.347 e. The zero-order valence-electron chi connectivity index (χ0n) is 14.6. The number of aliphatic hydroxyl groups excluding tert-OH is 1. The number of carbonyl (C=O) groups excluding carboxylic acids is 1.